The van der Waals surface area contributed by atoms with Crippen LogP contribution in [-0.2, 0) is 9.53 Å². The molecule has 0 bridgehead atoms. The maximum Gasteiger partial charge on any atom is 0.339 e. The van der Waals surface area contributed by atoms with E-state index in [0.717, 1.165) is 16.7 Å². The Morgan fingerprint density at radius 1 is 0.879 bits per heavy atom. The molecule has 1 heterocycles. The minimum Gasteiger partial charge on any atom is -0.452 e. The second kappa shape index (κ2) is 10.2. The molecule has 0 radical (unpaired) electrons. The lowest BCUT2D eigenvalue weighted by molar-refractivity contribution is -0.124. The van der Waals surface area contributed by atoms with Gasteiger partial charge in [-0.25, -0.2) is 9.78 Å². The number of esters is 1. The molecule has 0 unspecified atom stereocenters. The topological polar surface area (TPSA) is 92.1 Å². The van der Waals surface area contributed by atoms with Gasteiger partial charge in [-0.15, -0.1) is 0 Å². The number of carbonyl (C=O) groups is 2. The van der Waals surface area contributed by atoms with Crippen molar-refractivity contribution in [2.45, 2.75) is 6.42 Å². The van der Waals surface area contributed by atoms with E-state index in [0.29, 0.717) is 22.2 Å². The van der Waals surface area contributed by atoms with Gasteiger partial charge in [-0.1, -0.05) is 72.8 Å². The van der Waals surface area contributed by atoms with Crippen LogP contribution < -0.4 is 5.32 Å². The predicted molar refractivity (Wildman–Crippen MR) is 126 cm³/mol. The number of hydrogen-bond donors (Lipinski definition) is 1. The Hall–Kier alpha value is -4.50. The van der Waals surface area contributed by atoms with E-state index >= 15 is 0 Å². The zero-order valence-electron chi connectivity index (χ0n) is 17.8. The molecule has 4 rings (SSSR count). The molecule has 3 aromatic carbocycles. The van der Waals surface area contributed by atoms with Crippen LogP contribution in [0.25, 0.3) is 33.3 Å². The van der Waals surface area contributed by atoms with Gasteiger partial charge < -0.3 is 10.1 Å². The summed E-state index contributed by atoms with van der Waals surface area (Å²) in [6.07, 6.45) is 0.196. The van der Waals surface area contributed by atoms with Crippen molar-refractivity contribution in [2.24, 2.45) is 0 Å². The number of nitrogens with one attached hydrogen (secondary N) is 1. The average molecular weight is 435 g/mol. The number of pyridine rings is 1. The largest absolute Gasteiger partial charge is 0.452 e. The van der Waals surface area contributed by atoms with Gasteiger partial charge >= 0.3 is 5.97 Å². The highest BCUT2D eigenvalue weighted by atomic mass is 16.5. The van der Waals surface area contributed by atoms with E-state index in [1.165, 1.54) is 0 Å². The van der Waals surface area contributed by atoms with Crippen LogP contribution in [0.1, 0.15) is 16.8 Å². The number of ether oxygens (including phenoxy) is 1. The molecule has 0 atom stereocenters. The fraction of sp³-hybridized carbons (Fsp3) is 0.111. The fourth-order valence-electron chi connectivity index (χ4n) is 3.47. The molecule has 1 N–H and O–H groups in total. The highest BCUT2D eigenvalue weighted by Crippen LogP contribution is 2.27. The molecule has 0 fully saturated rings. The molecule has 4 aromatic rings. The van der Waals surface area contributed by atoms with Crippen LogP contribution in [0.15, 0.2) is 84.9 Å². The van der Waals surface area contributed by atoms with Crippen LogP contribution in [0.2, 0.25) is 0 Å². The molecule has 0 spiro atoms. The number of rotatable bonds is 7. The molecule has 0 aliphatic heterocycles. The maximum absolute atomic E-state index is 12.8. The van der Waals surface area contributed by atoms with E-state index < -0.39 is 18.5 Å². The fourth-order valence-corrected chi connectivity index (χ4v) is 3.47. The van der Waals surface area contributed by atoms with Gasteiger partial charge in [0.25, 0.3) is 5.91 Å². The molecule has 0 aliphatic rings. The quantitative estimate of drug-likeness (QED) is 0.334. The Bertz CT molecular complexity index is 1330. The minimum atomic E-state index is -0.605. The summed E-state index contributed by atoms with van der Waals surface area (Å²) in [4.78, 5) is 29.4. The number of nitriles is 1. The van der Waals surface area contributed by atoms with Crippen LogP contribution in [0.3, 0.4) is 0 Å². The Balaban J connectivity index is 1.60. The van der Waals surface area contributed by atoms with Crippen molar-refractivity contribution in [3.8, 4) is 28.5 Å². The van der Waals surface area contributed by atoms with Crippen LogP contribution in [0, 0.1) is 11.3 Å². The van der Waals surface area contributed by atoms with Crippen LogP contribution in [-0.4, -0.2) is 30.0 Å². The van der Waals surface area contributed by atoms with Gasteiger partial charge in [-0.05, 0) is 23.3 Å². The van der Waals surface area contributed by atoms with Crippen molar-refractivity contribution in [3.05, 3.63) is 90.5 Å². The monoisotopic (exact) mass is 435 g/mol. The SMILES string of the molecule is N#CCCNC(=O)COC(=O)c1cc(-c2ccc(-c3ccccc3)cc2)nc2ccccc12. The van der Waals surface area contributed by atoms with Gasteiger partial charge in [0.15, 0.2) is 6.61 Å². The first kappa shape index (κ1) is 21.7. The first-order chi connectivity index (χ1) is 16.2. The van der Waals surface area contributed by atoms with Gasteiger partial charge in [0, 0.05) is 17.5 Å². The Morgan fingerprint density at radius 2 is 1.55 bits per heavy atom. The number of nitrogens with zero attached hydrogens (tertiary/aromatic N) is 2. The lowest BCUT2D eigenvalue weighted by Crippen LogP contribution is -2.29. The highest BCUT2D eigenvalue weighted by molar-refractivity contribution is 6.05. The van der Waals surface area contributed by atoms with Crippen LogP contribution in [0.5, 0.6) is 0 Å². The molecule has 0 saturated heterocycles. The van der Waals surface area contributed by atoms with Gasteiger partial charge in [0.1, 0.15) is 0 Å². The van der Waals surface area contributed by atoms with E-state index in [4.69, 9.17) is 15.0 Å². The normalized spacial score (nSPS) is 10.4. The summed E-state index contributed by atoms with van der Waals surface area (Å²) in [6.45, 7) is -0.198. The lowest BCUT2D eigenvalue weighted by atomic mass is 10.0. The summed E-state index contributed by atoms with van der Waals surface area (Å²) in [7, 11) is 0. The maximum atomic E-state index is 12.8. The summed E-state index contributed by atoms with van der Waals surface area (Å²) in [5.74, 6) is -1.06. The molecule has 6 heteroatoms. The van der Waals surface area contributed by atoms with Crippen molar-refractivity contribution in [2.75, 3.05) is 13.2 Å². The van der Waals surface area contributed by atoms with E-state index in [2.05, 4.69) is 5.32 Å². The van der Waals surface area contributed by atoms with Crippen molar-refractivity contribution in [1.29, 1.82) is 5.26 Å². The number of benzene rings is 3. The second-order valence-corrected chi connectivity index (χ2v) is 7.35. The Morgan fingerprint density at radius 3 is 2.30 bits per heavy atom. The van der Waals surface area contributed by atoms with Crippen molar-refractivity contribution in [3.63, 3.8) is 0 Å². The molecule has 162 valence electrons. The van der Waals surface area contributed by atoms with Crippen LogP contribution >= 0.6 is 0 Å². The van der Waals surface area contributed by atoms with Gasteiger partial charge in [0.05, 0.1) is 29.3 Å². The van der Waals surface area contributed by atoms with Gasteiger partial charge in [-0.3, -0.25) is 4.79 Å². The third-order valence-electron chi connectivity index (χ3n) is 5.12. The summed E-state index contributed by atoms with van der Waals surface area (Å²) in [5.41, 5.74) is 4.71. The molecular formula is C27H21N3O3. The predicted octanol–water partition coefficient (Wildman–Crippen LogP) is 4.76. The molecule has 0 aliphatic carbocycles. The average Bonchev–Trinajstić information content (AvgIpc) is 2.87. The molecule has 1 amide bonds. The number of carbonyl (C=O) groups excluding carboxylic acids is 2. The second-order valence-electron chi connectivity index (χ2n) is 7.35. The highest BCUT2D eigenvalue weighted by Gasteiger charge is 2.16. The lowest BCUT2D eigenvalue weighted by Gasteiger charge is -2.11. The van der Waals surface area contributed by atoms with E-state index in [1.54, 1.807) is 12.1 Å². The first-order valence-corrected chi connectivity index (χ1v) is 10.5. The number of fused-ring (bicyclic) bond motifs is 1. The van der Waals surface area contributed by atoms with E-state index in [1.807, 2.05) is 78.9 Å². The van der Waals surface area contributed by atoms with Crippen LogP contribution in [0.4, 0.5) is 0 Å². The number of hydrogen-bond acceptors (Lipinski definition) is 5. The first-order valence-electron chi connectivity index (χ1n) is 10.5. The number of aromatic nitrogens is 1. The number of para-hydroxylation sites is 1. The summed E-state index contributed by atoms with van der Waals surface area (Å²) >= 11 is 0. The van der Waals surface area contributed by atoms with E-state index in [9.17, 15) is 9.59 Å². The standard InChI is InChI=1S/C27H21N3O3/c28-15-6-16-29-26(31)18-33-27(32)23-17-25(30-24-10-5-4-9-22(23)24)21-13-11-20(12-14-21)19-7-2-1-3-8-19/h1-5,7-14,17H,6,16,18H2,(H,29,31). The van der Waals surface area contributed by atoms with E-state index in [-0.39, 0.29) is 13.0 Å². The van der Waals surface area contributed by atoms with Crippen molar-refractivity contribution in [1.82, 2.24) is 10.3 Å². The third kappa shape index (κ3) is 5.23. The minimum absolute atomic E-state index is 0.196. The summed E-state index contributed by atoms with van der Waals surface area (Å²) in [5, 5.41) is 11.7. The molecule has 1 aromatic heterocycles. The third-order valence-corrected chi connectivity index (χ3v) is 5.12. The van der Waals surface area contributed by atoms with Gasteiger partial charge in [-0.2, -0.15) is 5.26 Å². The Kier molecular flexibility index (Phi) is 6.72. The smallest absolute Gasteiger partial charge is 0.339 e. The number of amides is 1. The zero-order chi connectivity index (χ0) is 23.0. The molecular weight excluding hydrogens is 414 g/mol. The summed E-state index contributed by atoms with van der Waals surface area (Å²) < 4.78 is 5.23. The Labute approximate surface area is 191 Å². The summed E-state index contributed by atoms with van der Waals surface area (Å²) in [6, 6.07) is 29.0. The molecule has 6 nitrogen and oxygen atoms in total. The molecule has 0 saturated carbocycles. The van der Waals surface area contributed by atoms with Crippen molar-refractivity contribution >= 4 is 22.8 Å². The zero-order valence-corrected chi connectivity index (χ0v) is 17.8. The van der Waals surface area contributed by atoms with Crippen molar-refractivity contribution < 1.29 is 14.3 Å². The van der Waals surface area contributed by atoms with Gasteiger partial charge in [0.2, 0.25) is 0 Å². The molecule has 33 heavy (non-hydrogen) atoms.